The van der Waals surface area contributed by atoms with Crippen molar-refractivity contribution in [3.05, 3.63) is 59.2 Å². The van der Waals surface area contributed by atoms with Gasteiger partial charge in [-0.25, -0.2) is 0 Å². The SMILES string of the molecule is COc1ccc2c(c1)OC(C)(C)C[C@@H]2NC(=O)C1CCN(Cc2cccc(C)c2)CC1. The Morgan fingerprint density at radius 2 is 1.97 bits per heavy atom. The maximum atomic E-state index is 13.1. The van der Waals surface area contributed by atoms with Gasteiger partial charge in [-0.2, -0.15) is 0 Å². The van der Waals surface area contributed by atoms with E-state index < -0.39 is 0 Å². The van der Waals surface area contributed by atoms with E-state index >= 15 is 0 Å². The van der Waals surface area contributed by atoms with E-state index in [0.717, 1.165) is 56.0 Å². The average molecular weight is 423 g/mol. The first-order valence-corrected chi connectivity index (χ1v) is 11.3. The zero-order valence-electron chi connectivity index (χ0n) is 19.1. The average Bonchev–Trinajstić information content (AvgIpc) is 2.73. The second-order valence-corrected chi connectivity index (χ2v) is 9.57. The summed E-state index contributed by atoms with van der Waals surface area (Å²) in [6.45, 7) is 9.14. The summed E-state index contributed by atoms with van der Waals surface area (Å²) < 4.78 is 11.5. The van der Waals surface area contributed by atoms with E-state index in [1.807, 2.05) is 18.2 Å². The lowest BCUT2D eigenvalue weighted by molar-refractivity contribution is -0.127. The lowest BCUT2D eigenvalue weighted by atomic mass is 9.88. The van der Waals surface area contributed by atoms with Crippen LogP contribution in [0.15, 0.2) is 42.5 Å². The summed E-state index contributed by atoms with van der Waals surface area (Å²) in [6.07, 6.45) is 2.56. The molecule has 31 heavy (non-hydrogen) atoms. The first kappa shape index (κ1) is 21.7. The summed E-state index contributed by atoms with van der Waals surface area (Å²) in [5.74, 6) is 1.80. The van der Waals surface area contributed by atoms with E-state index in [1.54, 1.807) is 7.11 Å². The van der Waals surface area contributed by atoms with Gasteiger partial charge in [0.25, 0.3) is 0 Å². The first-order chi connectivity index (χ1) is 14.8. The fraction of sp³-hybridized carbons (Fsp3) is 0.500. The number of hydrogen-bond acceptors (Lipinski definition) is 4. The van der Waals surface area contributed by atoms with Crippen LogP contribution in [0.25, 0.3) is 0 Å². The number of hydrogen-bond donors (Lipinski definition) is 1. The van der Waals surface area contributed by atoms with Crippen molar-refractivity contribution in [3.63, 3.8) is 0 Å². The Labute approximate surface area is 185 Å². The van der Waals surface area contributed by atoms with Crippen molar-refractivity contribution in [2.75, 3.05) is 20.2 Å². The Bertz CT molecular complexity index is 932. The number of likely N-dealkylation sites (tertiary alicyclic amines) is 1. The maximum absolute atomic E-state index is 13.1. The van der Waals surface area contributed by atoms with Crippen LogP contribution in [-0.2, 0) is 11.3 Å². The van der Waals surface area contributed by atoms with Gasteiger partial charge in [-0.1, -0.05) is 29.8 Å². The van der Waals surface area contributed by atoms with E-state index in [-0.39, 0.29) is 23.5 Å². The van der Waals surface area contributed by atoms with Crippen molar-refractivity contribution in [1.82, 2.24) is 10.2 Å². The van der Waals surface area contributed by atoms with Crippen molar-refractivity contribution in [2.24, 2.45) is 5.92 Å². The molecule has 0 saturated carbocycles. The van der Waals surface area contributed by atoms with E-state index in [0.29, 0.717) is 0 Å². The fourth-order valence-electron chi connectivity index (χ4n) is 4.80. The molecule has 2 aliphatic heterocycles. The van der Waals surface area contributed by atoms with Crippen LogP contribution in [0.1, 0.15) is 55.8 Å². The minimum Gasteiger partial charge on any atom is -0.497 e. The highest BCUT2D eigenvalue weighted by Gasteiger charge is 2.36. The monoisotopic (exact) mass is 422 g/mol. The Morgan fingerprint density at radius 1 is 1.19 bits per heavy atom. The molecule has 0 radical (unpaired) electrons. The van der Waals surface area contributed by atoms with Gasteiger partial charge in [-0.15, -0.1) is 0 Å². The molecule has 4 rings (SSSR count). The summed E-state index contributed by atoms with van der Waals surface area (Å²) in [5, 5.41) is 3.33. The number of aryl methyl sites for hydroxylation is 1. The van der Waals surface area contributed by atoms with Crippen molar-refractivity contribution < 1.29 is 14.3 Å². The normalized spacial score (nSPS) is 21.1. The zero-order valence-corrected chi connectivity index (χ0v) is 19.1. The topological polar surface area (TPSA) is 50.8 Å². The van der Waals surface area contributed by atoms with Gasteiger partial charge in [0.1, 0.15) is 17.1 Å². The molecule has 166 valence electrons. The van der Waals surface area contributed by atoms with Crippen LogP contribution < -0.4 is 14.8 Å². The number of carbonyl (C=O) groups is 1. The molecule has 2 aliphatic rings. The number of fused-ring (bicyclic) bond motifs is 1. The number of carbonyl (C=O) groups excluding carboxylic acids is 1. The molecule has 1 atom stereocenters. The van der Waals surface area contributed by atoms with E-state index in [1.165, 1.54) is 11.1 Å². The highest BCUT2D eigenvalue weighted by Crippen LogP contribution is 2.41. The largest absolute Gasteiger partial charge is 0.497 e. The third-order valence-electron chi connectivity index (χ3n) is 6.44. The first-order valence-electron chi connectivity index (χ1n) is 11.3. The number of nitrogens with zero attached hydrogens (tertiary/aromatic N) is 1. The van der Waals surface area contributed by atoms with Crippen LogP contribution in [-0.4, -0.2) is 36.6 Å². The molecule has 0 bridgehead atoms. The second-order valence-electron chi connectivity index (χ2n) is 9.57. The minimum absolute atomic E-state index is 0.0394. The molecule has 0 spiro atoms. The number of ether oxygens (including phenoxy) is 2. The Kier molecular flexibility index (Phi) is 6.24. The summed E-state index contributed by atoms with van der Waals surface area (Å²) in [4.78, 5) is 15.6. The number of rotatable bonds is 5. The molecule has 1 fully saturated rings. The van der Waals surface area contributed by atoms with Crippen molar-refractivity contribution >= 4 is 5.91 Å². The van der Waals surface area contributed by atoms with Gasteiger partial charge in [0.05, 0.1) is 13.2 Å². The van der Waals surface area contributed by atoms with Crippen molar-refractivity contribution in [2.45, 2.75) is 58.2 Å². The van der Waals surface area contributed by atoms with Gasteiger partial charge in [-0.3, -0.25) is 9.69 Å². The van der Waals surface area contributed by atoms with Gasteiger partial charge in [0, 0.05) is 30.5 Å². The predicted molar refractivity (Wildman–Crippen MR) is 122 cm³/mol. The molecular formula is C26H34N2O3. The van der Waals surface area contributed by atoms with Gasteiger partial charge in [0.15, 0.2) is 0 Å². The predicted octanol–water partition coefficient (Wildman–Crippen LogP) is 4.63. The van der Waals surface area contributed by atoms with Gasteiger partial charge in [0.2, 0.25) is 5.91 Å². The number of benzene rings is 2. The number of nitrogens with one attached hydrogen (secondary N) is 1. The molecule has 0 aromatic heterocycles. The van der Waals surface area contributed by atoms with Crippen LogP contribution in [0.3, 0.4) is 0 Å². The fourth-order valence-corrected chi connectivity index (χ4v) is 4.80. The molecular weight excluding hydrogens is 388 g/mol. The molecule has 0 aliphatic carbocycles. The number of piperidine rings is 1. The molecule has 2 aromatic carbocycles. The highest BCUT2D eigenvalue weighted by atomic mass is 16.5. The van der Waals surface area contributed by atoms with E-state index in [9.17, 15) is 4.79 Å². The Hall–Kier alpha value is -2.53. The summed E-state index contributed by atoms with van der Waals surface area (Å²) in [5.41, 5.74) is 3.34. The summed E-state index contributed by atoms with van der Waals surface area (Å²) in [6, 6.07) is 14.5. The Balaban J connectivity index is 1.37. The molecule has 0 unspecified atom stereocenters. The molecule has 2 aromatic rings. The van der Waals surface area contributed by atoms with Crippen molar-refractivity contribution in [3.8, 4) is 11.5 Å². The minimum atomic E-state index is -0.339. The van der Waals surface area contributed by atoms with Crippen molar-refractivity contribution in [1.29, 1.82) is 0 Å². The van der Waals surface area contributed by atoms with Gasteiger partial charge < -0.3 is 14.8 Å². The number of methoxy groups -OCH3 is 1. The van der Waals surface area contributed by atoms with Crippen LogP contribution in [0.5, 0.6) is 11.5 Å². The molecule has 1 N–H and O–H groups in total. The maximum Gasteiger partial charge on any atom is 0.223 e. The van der Waals surface area contributed by atoms with Crippen LogP contribution in [0.2, 0.25) is 0 Å². The van der Waals surface area contributed by atoms with Gasteiger partial charge in [-0.05, 0) is 64.4 Å². The molecule has 5 nitrogen and oxygen atoms in total. The third-order valence-corrected chi connectivity index (χ3v) is 6.44. The second kappa shape index (κ2) is 8.91. The standard InChI is InChI=1S/C26H34N2O3/c1-18-6-5-7-19(14-18)17-28-12-10-20(11-13-28)25(29)27-23-16-26(2,3)31-24-15-21(30-4)8-9-22(23)24/h5-9,14-15,20,23H,10-13,16-17H2,1-4H3,(H,27,29)/t23-/m0/s1. The summed E-state index contributed by atoms with van der Waals surface area (Å²) in [7, 11) is 1.65. The van der Waals surface area contributed by atoms with E-state index in [2.05, 4.69) is 55.3 Å². The lowest BCUT2D eigenvalue weighted by Gasteiger charge is -2.39. The van der Waals surface area contributed by atoms with Gasteiger partial charge >= 0.3 is 0 Å². The molecule has 1 saturated heterocycles. The highest BCUT2D eigenvalue weighted by molar-refractivity contribution is 5.79. The summed E-state index contributed by atoms with van der Waals surface area (Å²) >= 11 is 0. The third kappa shape index (κ3) is 5.21. The van der Waals surface area contributed by atoms with Crippen LogP contribution >= 0.6 is 0 Å². The zero-order chi connectivity index (χ0) is 22.0. The quantitative estimate of drug-likeness (QED) is 0.763. The molecule has 1 amide bonds. The Morgan fingerprint density at radius 3 is 2.68 bits per heavy atom. The van der Waals surface area contributed by atoms with E-state index in [4.69, 9.17) is 9.47 Å². The number of amides is 1. The smallest absolute Gasteiger partial charge is 0.223 e. The molecule has 5 heteroatoms. The van der Waals surface area contributed by atoms with Crippen LogP contribution in [0.4, 0.5) is 0 Å². The van der Waals surface area contributed by atoms with Crippen LogP contribution in [0, 0.1) is 12.8 Å². The lowest BCUT2D eigenvalue weighted by Crippen LogP contribution is -2.45. The molecule has 2 heterocycles.